The molecule has 2 aromatic rings. The lowest BCUT2D eigenvalue weighted by Crippen LogP contribution is -2.29. The number of nitrogens with zero attached hydrogens (tertiary/aromatic N) is 2. The van der Waals surface area contributed by atoms with Crippen LogP contribution >= 0.6 is 0 Å². The third-order valence-electron chi connectivity index (χ3n) is 3.04. The van der Waals surface area contributed by atoms with Gasteiger partial charge in [-0.25, -0.2) is 9.78 Å². The normalized spacial score (nSPS) is 11.9. The number of anilines is 1. The Morgan fingerprint density at radius 2 is 2.10 bits per heavy atom. The van der Waals surface area contributed by atoms with E-state index in [1.807, 2.05) is 6.92 Å². The Labute approximate surface area is 122 Å². The average molecular weight is 287 g/mol. The van der Waals surface area contributed by atoms with Crippen LogP contribution in [0.3, 0.4) is 0 Å². The highest BCUT2D eigenvalue weighted by atomic mass is 16.4. The number of nitrogens with one attached hydrogen (secondary N) is 1. The van der Waals surface area contributed by atoms with Crippen LogP contribution in [0.5, 0.6) is 0 Å². The number of carboxylic acids is 1. The van der Waals surface area contributed by atoms with E-state index in [1.54, 1.807) is 36.5 Å². The molecular weight excluding hydrogens is 270 g/mol. The lowest BCUT2D eigenvalue weighted by Gasteiger charge is -2.15. The first-order valence-corrected chi connectivity index (χ1v) is 6.73. The number of rotatable bonds is 6. The van der Waals surface area contributed by atoms with Gasteiger partial charge in [-0.2, -0.15) is 0 Å². The molecule has 1 heterocycles. The zero-order valence-electron chi connectivity index (χ0n) is 11.7. The van der Waals surface area contributed by atoms with Gasteiger partial charge in [-0.05, 0) is 12.0 Å². The molecule has 1 aromatic carbocycles. The summed E-state index contributed by atoms with van der Waals surface area (Å²) in [7, 11) is 0. The second-order valence-corrected chi connectivity index (χ2v) is 4.60. The predicted octanol–water partition coefficient (Wildman–Crippen LogP) is 1.89. The highest BCUT2D eigenvalue weighted by molar-refractivity contribution is 5.78. The molecule has 2 N–H and O–H groups in total. The van der Waals surface area contributed by atoms with E-state index in [1.165, 1.54) is 10.8 Å². The standard InChI is InChI=1S/C15H17N3O3/c1-2-9-18-10-8-16-13(14(18)19)17-12(15(20)21)11-6-4-3-5-7-11/h3-8,10,12H,2,9H2,1H3,(H,16,17)(H,20,21). The van der Waals surface area contributed by atoms with E-state index in [0.29, 0.717) is 12.1 Å². The Bertz CT molecular complexity index is 667. The van der Waals surface area contributed by atoms with Gasteiger partial charge in [0, 0.05) is 18.9 Å². The van der Waals surface area contributed by atoms with E-state index in [0.717, 1.165) is 6.42 Å². The van der Waals surface area contributed by atoms with Gasteiger partial charge in [0.15, 0.2) is 11.9 Å². The maximum Gasteiger partial charge on any atom is 0.330 e. The first-order chi connectivity index (χ1) is 10.1. The van der Waals surface area contributed by atoms with E-state index in [4.69, 9.17) is 0 Å². The van der Waals surface area contributed by atoms with Crippen LogP contribution in [0.25, 0.3) is 0 Å². The van der Waals surface area contributed by atoms with Crippen molar-refractivity contribution in [1.82, 2.24) is 9.55 Å². The maximum atomic E-state index is 12.2. The maximum absolute atomic E-state index is 12.2. The number of benzene rings is 1. The smallest absolute Gasteiger partial charge is 0.330 e. The molecule has 0 saturated carbocycles. The minimum Gasteiger partial charge on any atom is -0.479 e. The monoisotopic (exact) mass is 287 g/mol. The number of aryl methyl sites for hydroxylation is 1. The van der Waals surface area contributed by atoms with Gasteiger partial charge in [-0.1, -0.05) is 37.3 Å². The van der Waals surface area contributed by atoms with Gasteiger partial charge in [0.2, 0.25) is 0 Å². The van der Waals surface area contributed by atoms with Crippen LogP contribution in [0.2, 0.25) is 0 Å². The second kappa shape index (κ2) is 6.69. The molecule has 0 saturated heterocycles. The molecule has 6 nitrogen and oxygen atoms in total. The van der Waals surface area contributed by atoms with Crippen LogP contribution in [0.4, 0.5) is 5.82 Å². The van der Waals surface area contributed by atoms with Crippen LogP contribution in [-0.2, 0) is 11.3 Å². The molecular formula is C15H17N3O3. The van der Waals surface area contributed by atoms with Gasteiger partial charge >= 0.3 is 5.97 Å². The molecule has 0 radical (unpaired) electrons. The lowest BCUT2D eigenvalue weighted by molar-refractivity contribution is -0.138. The number of carboxylic acid groups (broad SMARTS) is 1. The van der Waals surface area contributed by atoms with E-state index in [9.17, 15) is 14.7 Å². The molecule has 1 atom stereocenters. The SMILES string of the molecule is CCCn1ccnc(NC(C(=O)O)c2ccccc2)c1=O. The molecule has 6 heteroatoms. The molecule has 0 amide bonds. The second-order valence-electron chi connectivity index (χ2n) is 4.60. The summed E-state index contributed by atoms with van der Waals surface area (Å²) < 4.78 is 1.51. The third-order valence-corrected chi connectivity index (χ3v) is 3.04. The van der Waals surface area contributed by atoms with Crippen molar-refractivity contribution in [3.8, 4) is 0 Å². The minimum absolute atomic E-state index is 0.0437. The largest absolute Gasteiger partial charge is 0.479 e. The van der Waals surface area contributed by atoms with Crippen molar-refractivity contribution >= 4 is 11.8 Å². The highest BCUT2D eigenvalue weighted by Gasteiger charge is 2.21. The number of aliphatic carboxylic acids is 1. The molecule has 0 spiro atoms. The summed E-state index contributed by atoms with van der Waals surface area (Å²) in [5.74, 6) is -1.02. The topological polar surface area (TPSA) is 84.2 Å². The Hall–Kier alpha value is -2.63. The number of hydrogen-bond donors (Lipinski definition) is 2. The summed E-state index contributed by atoms with van der Waals surface area (Å²) in [6.45, 7) is 2.53. The first-order valence-electron chi connectivity index (χ1n) is 6.73. The van der Waals surface area contributed by atoms with E-state index in [-0.39, 0.29) is 11.4 Å². The zero-order chi connectivity index (χ0) is 15.2. The van der Waals surface area contributed by atoms with Crippen molar-refractivity contribution < 1.29 is 9.90 Å². The summed E-state index contributed by atoms with van der Waals surface area (Å²) in [5, 5.41) is 12.1. The molecule has 0 bridgehead atoms. The highest BCUT2D eigenvalue weighted by Crippen LogP contribution is 2.16. The van der Waals surface area contributed by atoms with Crippen molar-refractivity contribution in [3.05, 3.63) is 58.6 Å². The van der Waals surface area contributed by atoms with Crippen molar-refractivity contribution in [3.63, 3.8) is 0 Å². The van der Waals surface area contributed by atoms with Crippen molar-refractivity contribution in [2.75, 3.05) is 5.32 Å². The minimum atomic E-state index is -1.06. The van der Waals surface area contributed by atoms with Gasteiger partial charge < -0.3 is 15.0 Å². The summed E-state index contributed by atoms with van der Waals surface area (Å²) in [5.41, 5.74) is 0.249. The summed E-state index contributed by atoms with van der Waals surface area (Å²) in [6.07, 6.45) is 3.89. The Balaban J connectivity index is 2.32. The van der Waals surface area contributed by atoms with Gasteiger partial charge in [0.1, 0.15) is 0 Å². The van der Waals surface area contributed by atoms with E-state index < -0.39 is 12.0 Å². The van der Waals surface area contributed by atoms with Crippen molar-refractivity contribution in [1.29, 1.82) is 0 Å². The summed E-state index contributed by atoms with van der Waals surface area (Å²) in [4.78, 5) is 27.6. The summed E-state index contributed by atoms with van der Waals surface area (Å²) in [6, 6.07) is 7.68. The number of carbonyl (C=O) groups is 1. The molecule has 0 fully saturated rings. The molecule has 110 valence electrons. The molecule has 2 rings (SSSR count). The average Bonchev–Trinajstić information content (AvgIpc) is 2.49. The van der Waals surface area contributed by atoms with Crippen LogP contribution in [0, 0.1) is 0 Å². The Morgan fingerprint density at radius 3 is 2.71 bits per heavy atom. The Kier molecular flexibility index (Phi) is 4.71. The fraction of sp³-hybridized carbons (Fsp3) is 0.267. The molecule has 0 aliphatic carbocycles. The van der Waals surface area contributed by atoms with E-state index in [2.05, 4.69) is 10.3 Å². The molecule has 21 heavy (non-hydrogen) atoms. The first kappa shape index (κ1) is 14.8. The molecule has 0 aliphatic rings. The molecule has 1 unspecified atom stereocenters. The third kappa shape index (κ3) is 3.47. The fourth-order valence-corrected chi connectivity index (χ4v) is 2.03. The van der Waals surface area contributed by atoms with Gasteiger partial charge in [0.25, 0.3) is 5.56 Å². The van der Waals surface area contributed by atoms with E-state index >= 15 is 0 Å². The fourth-order valence-electron chi connectivity index (χ4n) is 2.03. The van der Waals surface area contributed by atoms with Gasteiger partial charge in [-0.15, -0.1) is 0 Å². The van der Waals surface area contributed by atoms with Crippen molar-refractivity contribution in [2.45, 2.75) is 25.9 Å². The van der Waals surface area contributed by atoms with Gasteiger partial charge in [0.05, 0.1) is 0 Å². The zero-order valence-corrected chi connectivity index (χ0v) is 11.7. The number of hydrogen-bond acceptors (Lipinski definition) is 4. The van der Waals surface area contributed by atoms with Crippen LogP contribution < -0.4 is 10.9 Å². The Morgan fingerprint density at radius 1 is 1.38 bits per heavy atom. The summed E-state index contributed by atoms with van der Waals surface area (Å²) >= 11 is 0. The molecule has 0 aliphatic heterocycles. The van der Waals surface area contributed by atoms with Crippen LogP contribution in [0.15, 0.2) is 47.5 Å². The predicted molar refractivity (Wildman–Crippen MR) is 79.2 cm³/mol. The lowest BCUT2D eigenvalue weighted by atomic mass is 10.1. The van der Waals surface area contributed by atoms with Gasteiger partial charge in [-0.3, -0.25) is 4.79 Å². The van der Waals surface area contributed by atoms with Crippen molar-refractivity contribution in [2.24, 2.45) is 0 Å². The number of aromatic nitrogens is 2. The van der Waals surface area contributed by atoms with Crippen LogP contribution in [-0.4, -0.2) is 20.6 Å². The van der Waals surface area contributed by atoms with Crippen LogP contribution in [0.1, 0.15) is 24.9 Å². The quantitative estimate of drug-likeness (QED) is 0.847. The molecule has 1 aromatic heterocycles.